The fraction of sp³-hybridized carbons (Fsp3) is 0.125. The van der Waals surface area contributed by atoms with E-state index < -0.39 is 17.4 Å². The first-order valence-corrected chi connectivity index (χ1v) is 9.98. The van der Waals surface area contributed by atoms with Crippen LogP contribution in [0.5, 0.6) is 11.5 Å². The summed E-state index contributed by atoms with van der Waals surface area (Å²) in [6.07, 6.45) is 0. The van der Waals surface area contributed by atoms with Gasteiger partial charge in [-0.3, -0.25) is 14.4 Å². The Hall–Kier alpha value is -3.58. The minimum absolute atomic E-state index is 0.220. The highest BCUT2D eigenvalue weighted by Gasteiger charge is 2.49. The van der Waals surface area contributed by atoms with Crippen LogP contribution in [0.1, 0.15) is 30.5 Å². The zero-order valence-corrected chi connectivity index (χ0v) is 17.7. The standard InChI is InChI=1S/C24H19NO5S/c1-14(26)29-18-7-3-16(4-8-18)24(17-5-9-19(10-6-17)30-15(2)27)21-13-20(31)11-12-22(21)25-23(24)28/h3-13,31H,1-2H3,(H,25,28). The van der Waals surface area contributed by atoms with Gasteiger partial charge < -0.3 is 14.8 Å². The summed E-state index contributed by atoms with van der Waals surface area (Å²) in [5.74, 6) is -0.294. The van der Waals surface area contributed by atoms with Gasteiger partial charge in [-0.1, -0.05) is 24.3 Å². The van der Waals surface area contributed by atoms with Crippen LogP contribution in [0.4, 0.5) is 5.69 Å². The van der Waals surface area contributed by atoms with Crippen molar-refractivity contribution in [3.63, 3.8) is 0 Å². The van der Waals surface area contributed by atoms with Crippen molar-refractivity contribution in [1.29, 1.82) is 0 Å². The van der Waals surface area contributed by atoms with Crippen LogP contribution >= 0.6 is 12.6 Å². The third-order valence-corrected chi connectivity index (χ3v) is 5.37. The number of thiol groups is 1. The second-order valence-corrected chi connectivity index (χ2v) is 7.69. The highest BCUT2D eigenvalue weighted by Crippen LogP contribution is 2.48. The van der Waals surface area contributed by atoms with E-state index in [1.807, 2.05) is 18.2 Å². The summed E-state index contributed by atoms with van der Waals surface area (Å²) in [6, 6.07) is 19.2. The number of carbonyl (C=O) groups excluding carboxylic acids is 3. The van der Waals surface area contributed by atoms with Crippen LogP contribution in [-0.2, 0) is 19.8 Å². The number of ether oxygens (including phenoxy) is 2. The number of hydrogen-bond donors (Lipinski definition) is 2. The molecule has 4 rings (SSSR count). The van der Waals surface area contributed by atoms with Crippen molar-refractivity contribution >= 4 is 36.2 Å². The Morgan fingerprint density at radius 3 is 1.74 bits per heavy atom. The predicted octanol–water partition coefficient (Wildman–Crippen LogP) is 4.11. The zero-order chi connectivity index (χ0) is 22.2. The molecule has 6 nitrogen and oxygen atoms in total. The molecule has 1 aliphatic heterocycles. The van der Waals surface area contributed by atoms with Gasteiger partial charge in [-0.25, -0.2) is 0 Å². The Kier molecular flexibility index (Phi) is 5.29. The number of esters is 2. The maximum Gasteiger partial charge on any atom is 0.308 e. The maximum atomic E-state index is 13.5. The van der Waals surface area contributed by atoms with Crippen molar-refractivity contribution in [2.75, 3.05) is 5.32 Å². The lowest BCUT2D eigenvalue weighted by molar-refractivity contribution is -0.132. The molecule has 3 aromatic rings. The zero-order valence-electron chi connectivity index (χ0n) is 16.8. The molecule has 0 aliphatic carbocycles. The quantitative estimate of drug-likeness (QED) is 0.368. The molecule has 0 bridgehead atoms. The van der Waals surface area contributed by atoms with E-state index in [4.69, 9.17) is 9.47 Å². The van der Waals surface area contributed by atoms with Crippen LogP contribution in [0.25, 0.3) is 0 Å². The molecule has 31 heavy (non-hydrogen) atoms. The fourth-order valence-corrected chi connectivity index (χ4v) is 4.11. The molecule has 156 valence electrons. The first-order valence-electron chi connectivity index (χ1n) is 9.53. The van der Waals surface area contributed by atoms with Crippen molar-refractivity contribution in [2.45, 2.75) is 24.2 Å². The highest BCUT2D eigenvalue weighted by atomic mass is 32.1. The Bertz CT molecular complexity index is 1130. The second kappa shape index (κ2) is 7.92. The topological polar surface area (TPSA) is 81.7 Å². The molecule has 0 spiro atoms. The average Bonchev–Trinajstić information content (AvgIpc) is 3.00. The second-order valence-electron chi connectivity index (χ2n) is 7.17. The van der Waals surface area contributed by atoms with E-state index in [2.05, 4.69) is 17.9 Å². The summed E-state index contributed by atoms with van der Waals surface area (Å²) in [4.78, 5) is 36.7. The molecule has 0 unspecified atom stereocenters. The maximum absolute atomic E-state index is 13.5. The van der Waals surface area contributed by atoms with E-state index in [9.17, 15) is 14.4 Å². The third-order valence-electron chi connectivity index (χ3n) is 5.09. The number of hydrogen-bond acceptors (Lipinski definition) is 6. The first kappa shape index (κ1) is 20.7. The highest BCUT2D eigenvalue weighted by molar-refractivity contribution is 7.80. The van der Waals surface area contributed by atoms with E-state index >= 15 is 0 Å². The lowest BCUT2D eigenvalue weighted by atomic mass is 9.70. The Balaban J connectivity index is 1.91. The van der Waals surface area contributed by atoms with Crippen LogP contribution in [-0.4, -0.2) is 17.8 Å². The SMILES string of the molecule is CC(=O)Oc1ccc(C2(c3ccc(OC(C)=O)cc3)C(=O)Nc3ccc(S)cc32)cc1. The largest absolute Gasteiger partial charge is 0.427 e. The molecule has 7 heteroatoms. The predicted molar refractivity (Wildman–Crippen MR) is 118 cm³/mol. The summed E-state index contributed by atoms with van der Waals surface area (Å²) in [7, 11) is 0. The molecule has 0 aromatic heterocycles. The molecule has 1 aliphatic rings. The molecule has 0 saturated heterocycles. The summed E-state index contributed by atoms with van der Waals surface area (Å²) in [5, 5.41) is 2.96. The van der Waals surface area contributed by atoms with E-state index in [1.54, 1.807) is 48.5 Å². The summed E-state index contributed by atoms with van der Waals surface area (Å²) in [6.45, 7) is 2.66. The third kappa shape index (κ3) is 3.68. The van der Waals surface area contributed by atoms with Crippen molar-refractivity contribution in [1.82, 2.24) is 0 Å². The minimum Gasteiger partial charge on any atom is -0.427 e. The molecule has 0 radical (unpaired) electrons. The number of anilines is 1. The van der Waals surface area contributed by atoms with Gasteiger partial charge in [0.05, 0.1) is 0 Å². The van der Waals surface area contributed by atoms with Crippen molar-refractivity contribution < 1.29 is 23.9 Å². The van der Waals surface area contributed by atoms with Gasteiger partial charge in [0.15, 0.2) is 0 Å². The number of fused-ring (bicyclic) bond motifs is 1. The molecule has 1 N–H and O–H groups in total. The van der Waals surface area contributed by atoms with Crippen molar-refractivity contribution in [3.8, 4) is 11.5 Å². The van der Waals surface area contributed by atoms with Crippen molar-refractivity contribution in [2.24, 2.45) is 0 Å². The molecule has 0 atom stereocenters. The number of carbonyl (C=O) groups is 3. The van der Waals surface area contributed by atoms with E-state index in [0.717, 1.165) is 5.56 Å². The fourth-order valence-electron chi connectivity index (χ4n) is 3.91. The van der Waals surface area contributed by atoms with Gasteiger partial charge >= 0.3 is 11.9 Å². The van der Waals surface area contributed by atoms with Gasteiger partial charge in [0.1, 0.15) is 16.9 Å². The lowest BCUT2D eigenvalue weighted by Crippen LogP contribution is -2.37. The van der Waals surface area contributed by atoms with Gasteiger partial charge in [0.2, 0.25) is 5.91 Å². The van der Waals surface area contributed by atoms with E-state index in [1.165, 1.54) is 13.8 Å². The van der Waals surface area contributed by atoms with Gasteiger partial charge in [-0.2, -0.15) is 0 Å². The normalized spacial score (nSPS) is 13.8. The van der Waals surface area contributed by atoms with Gasteiger partial charge in [0.25, 0.3) is 0 Å². The van der Waals surface area contributed by atoms with Crippen LogP contribution in [0.3, 0.4) is 0 Å². The van der Waals surface area contributed by atoms with Crippen LogP contribution in [0.2, 0.25) is 0 Å². The molecule has 0 fully saturated rings. The Morgan fingerprint density at radius 2 is 1.29 bits per heavy atom. The van der Waals surface area contributed by atoms with Gasteiger partial charge in [-0.05, 0) is 53.6 Å². The molecular formula is C24H19NO5S. The Morgan fingerprint density at radius 1 is 0.806 bits per heavy atom. The van der Waals surface area contributed by atoms with Crippen LogP contribution < -0.4 is 14.8 Å². The number of benzene rings is 3. The summed E-state index contributed by atoms with van der Waals surface area (Å²) >= 11 is 4.47. The van der Waals surface area contributed by atoms with Crippen LogP contribution in [0.15, 0.2) is 71.6 Å². The lowest BCUT2D eigenvalue weighted by Gasteiger charge is -2.29. The first-order chi connectivity index (χ1) is 14.8. The molecule has 1 amide bonds. The molecule has 3 aromatic carbocycles. The van der Waals surface area contributed by atoms with E-state index in [-0.39, 0.29) is 5.91 Å². The summed E-state index contributed by atoms with van der Waals surface area (Å²) < 4.78 is 10.3. The van der Waals surface area contributed by atoms with Crippen LogP contribution in [0, 0.1) is 0 Å². The van der Waals surface area contributed by atoms with E-state index in [0.29, 0.717) is 33.2 Å². The molecular weight excluding hydrogens is 414 g/mol. The monoisotopic (exact) mass is 433 g/mol. The van der Waals surface area contributed by atoms with Gasteiger partial charge in [-0.15, -0.1) is 12.6 Å². The summed E-state index contributed by atoms with van der Waals surface area (Å²) in [5.41, 5.74) is 1.68. The number of rotatable bonds is 4. The van der Waals surface area contributed by atoms with Crippen molar-refractivity contribution in [3.05, 3.63) is 83.4 Å². The average molecular weight is 433 g/mol. The number of nitrogens with one attached hydrogen (secondary N) is 1. The molecule has 1 heterocycles. The number of amides is 1. The van der Waals surface area contributed by atoms with Gasteiger partial charge in [0, 0.05) is 30.0 Å². The smallest absolute Gasteiger partial charge is 0.308 e. The Labute approximate surface area is 184 Å². The minimum atomic E-state index is -1.16. The molecule has 0 saturated carbocycles.